The SMILES string of the molecule is C.C.COC(=O)c1ccc(CC2(C3=Cc4ccccc4C3)Cc3ccccc3C2O)cc1.O=C(O)c1ccc(CC2(C3=Cc4ccccc4C3)Cc3ccccc3C2O)cc1. The number of fused-ring (bicyclic) bond motifs is 4. The lowest BCUT2D eigenvalue weighted by Gasteiger charge is -2.35. The number of rotatable bonds is 8. The van der Waals surface area contributed by atoms with E-state index in [0.717, 1.165) is 47.9 Å². The first-order valence-electron chi connectivity index (χ1n) is 20.3. The molecule has 4 aliphatic rings. The van der Waals surface area contributed by atoms with E-state index in [9.17, 15) is 24.9 Å². The third-order valence-corrected chi connectivity index (χ3v) is 13.2. The van der Waals surface area contributed by atoms with Gasteiger partial charge in [-0.3, -0.25) is 0 Å². The van der Waals surface area contributed by atoms with Gasteiger partial charge in [0.15, 0.2) is 0 Å². The van der Waals surface area contributed by atoms with Crippen LogP contribution in [0.25, 0.3) is 12.2 Å². The maximum Gasteiger partial charge on any atom is 0.337 e. The molecule has 0 fully saturated rings. The summed E-state index contributed by atoms with van der Waals surface area (Å²) in [6.07, 6.45) is 8.05. The zero-order chi connectivity index (χ0) is 40.7. The first-order chi connectivity index (χ1) is 28.7. The van der Waals surface area contributed by atoms with Crippen LogP contribution >= 0.6 is 0 Å². The number of benzene rings is 6. The smallest absolute Gasteiger partial charge is 0.337 e. The van der Waals surface area contributed by atoms with Gasteiger partial charge >= 0.3 is 11.9 Å². The second-order valence-electron chi connectivity index (χ2n) is 16.5. The van der Waals surface area contributed by atoms with E-state index in [1.807, 2.05) is 60.7 Å². The number of aromatic carboxylic acids is 1. The highest BCUT2D eigenvalue weighted by atomic mass is 16.5. The number of aliphatic hydroxyl groups excluding tert-OH is 2. The minimum atomic E-state index is -0.923. The molecule has 0 radical (unpaired) electrons. The lowest BCUT2D eigenvalue weighted by molar-refractivity contribution is 0.0598. The third kappa shape index (κ3) is 7.78. The van der Waals surface area contributed by atoms with Crippen LogP contribution in [0.4, 0.5) is 0 Å². The van der Waals surface area contributed by atoms with E-state index >= 15 is 0 Å². The van der Waals surface area contributed by atoms with Crippen molar-refractivity contribution in [1.29, 1.82) is 0 Å². The molecular formula is C55H54O6. The number of carbonyl (C=O) groups is 2. The van der Waals surface area contributed by atoms with E-state index in [4.69, 9.17) is 4.74 Å². The number of carbonyl (C=O) groups excluding carboxylic acids is 1. The van der Waals surface area contributed by atoms with Gasteiger partial charge in [0.2, 0.25) is 0 Å². The molecule has 0 bridgehead atoms. The Kier molecular flexibility index (Phi) is 12.2. The summed E-state index contributed by atoms with van der Waals surface area (Å²) in [5.41, 5.74) is 14.2. The van der Waals surface area contributed by atoms with Crippen LogP contribution in [-0.4, -0.2) is 34.4 Å². The van der Waals surface area contributed by atoms with Gasteiger partial charge in [-0.25, -0.2) is 9.59 Å². The highest BCUT2D eigenvalue weighted by molar-refractivity contribution is 5.89. The summed E-state index contributed by atoms with van der Waals surface area (Å²) in [7, 11) is 1.39. The number of esters is 1. The predicted octanol–water partition coefficient (Wildman–Crippen LogP) is 11.0. The molecule has 4 aliphatic carbocycles. The van der Waals surface area contributed by atoms with Crippen LogP contribution < -0.4 is 0 Å². The summed E-state index contributed by atoms with van der Waals surface area (Å²) < 4.78 is 4.82. The van der Waals surface area contributed by atoms with Crippen LogP contribution in [-0.2, 0) is 43.3 Å². The highest BCUT2D eigenvalue weighted by Gasteiger charge is 2.50. The largest absolute Gasteiger partial charge is 0.478 e. The summed E-state index contributed by atoms with van der Waals surface area (Å²) in [5, 5.41) is 32.3. The van der Waals surface area contributed by atoms with E-state index in [0.29, 0.717) is 18.4 Å². The van der Waals surface area contributed by atoms with Gasteiger partial charge in [0, 0.05) is 10.8 Å². The van der Waals surface area contributed by atoms with Crippen molar-refractivity contribution < 1.29 is 29.6 Å². The number of hydrogen-bond acceptors (Lipinski definition) is 5. The quantitative estimate of drug-likeness (QED) is 0.132. The van der Waals surface area contributed by atoms with Gasteiger partial charge in [-0.1, -0.05) is 159 Å². The molecule has 10 rings (SSSR count). The average Bonchev–Trinajstić information content (AvgIpc) is 4.04. The van der Waals surface area contributed by atoms with Crippen LogP contribution in [0.1, 0.15) is 103 Å². The number of methoxy groups -OCH3 is 1. The molecule has 4 unspecified atom stereocenters. The summed E-state index contributed by atoms with van der Waals surface area (Å²) in [6, 6.07) is 47.9. The van der Waals surface area contributed by atoms with Gasteiger partial charge in [0.1, 0.15) is 0 Å². The van der Waals surface area contributed by atoms with E-state index in [1.165, 1.54) is 51.6 Å². The van der Waals surface area contributed by atoms with Gasteiger partial charge in [0.05, 0.1) is 30.4 Å². The molecule has 0 amide bonds. The second kappa shape index (κ2) is 17.3. The van der Waals surface area contributed by atoms with Gasteiger partial charge in [-0.2, -0.15) is 0 Å². The Labute approximate surface area is 359 Å². The number of carboxylic acid groups (broad SMARTS) is 1. The molecule has 61 heavy (non-hydrogen) atoms. The standard InChI is InChI=1S/C27H24O3.C26H22O3.2CH4/c1-30-26(29)19-12-10-18(11-13-19)16-27(17-22-8-4-5-9-24(22)25(27)28)23-14-20-6-2-3-7-21(20)15-23;27-24-23-8-4-3-7-21(23)16-26(24,15-17-9-11-18(12-10-17)25(28)29)22-13-19-5-1-2-6-20(19)14-22;;/h2-14,25,28H,15-17H2,1H3;1-13,24,27H,14-16H2,(H,28,29);2*1H4. The van der Waals surface area contributed by atoms with Gasteiger partial charge in [-0.05, 0) is 118 Å². The summed E-state index contributed by atoms with van der Waals surface area (Å²) in [4.78, 5) is 23.0. The van der Waals surface area contributed by atoms with Crippen LogP contribution in [0, 0.1) is 10.8 Å². The summed E-state index contributed by atoms with van der Waals surface area (Å²) >= 11 is 0. The fourth-order valence-electron chi connectivity index (χ4n) is 10.1. The Morgan fingerprint density at radius 3 is 1.30 bits per heavy atom. The van der Waals surface area contributed by atoms with Crippen molar-refractivity contribution >= 4 is 24.1 Å². The Morgan fingerprint density at radius 1 is 0.541 bits per heavy atom. The van der Waals surface area contributed by atoms with Crippen LogP contribution in [0.3, 0.4) is 0 Å². The monoisotopic (exact) mass is 810 g/mol. The Bertz CT molecular complexity index is 2640. The minimum Gasteiger partial charge on any atom is -0.478 e. The van der Waals surface area contributed by atoms with Crippen LogP contribution in [0.15, 0.2) is 157 Å². The van der Waals surface area contributed by atoms with Crippen molar-refractivity contribution in [3.8, 4) is 0 Å². The van der Waals surface area contributed by atoms with Crippen molar-refractivity contribution in [2.45, 2.75) is 65.6 Å². The minimum absolute atomic E-state index is 0. The molecule has 0 spiro atoms. The maximum absolute atomic E-state index is 11.8. The van der Waals surface area contributed by atoms with Gasteiger partial charge < -0.3 is 20.1 Å². The van der Waals surface area contributed by atoms with E-state index in [-0.39, 0.29) is 26.4 Å². The van der Waals surface area contributed by atoms with Crippen LogP contribution in [0.5, 0.6) is 0 Å². The number of carboxylic acids is 1. The Hall–Kier alpha value is -6.34. The van der Waals surface area contributed by atoms with Crippen LogP contribution in [0.2, 0.25) is 0 Å². The normalized spacial score (nSPS) is 21.2. The van der Waals surface area contributed by atoms with Gasteiger partial charge in [-0.15, -0.1) is 0 Å². The molecule has 0 aliphatic heterocycles. The zero-order valence-electron chi connectivity index (χ0n) is 33.0. The molecule has 0 heterocycles. The van der Waals surface area contributed by atoms with Gasteiger partial charge in [0.25, 0.3) is 0 Å². The maximum atomic E-state index is 11.8. The molecule has 4 atom stereocenters. The molecule has 3 N–H and O–H groups in total. The predicted molar refractivity (Wildman–Crippen MR) is 243 cm³/mol. The fraction of sp³-hybridized carbons (Fsp3) is 0.236. The number of aliphatic hydroxyl groups is 2. The Balaban J connectivity index is 0.000000178. The molecule has 6 nitrogen and oxygen atoms in total. The second-order valence-corrected chi connectivity index (χ2v) is 16.5. The third-order valence-electron chi connectivity index (χ3n) is 13.2. The first kappa shape index (κ1) is 42.8. The summed E-state index contributed by atoms with van der Waals surface area (Å²) in [5.74, 6) is -1.26. The lowest BCUT2D eigenvalue weighted by Crippen LogP contribution is -2.31. The first-order valence-corrected chi connectivity index (χ1v) is 20.3. The van der Waals surface area contributed by atoms with E-state index in [1.54, 1.807) is 24.3 Å². The number of hydrogen-bond donors (Lipinski definition) is 3. The zero-order valence-corrected chi connectivity index (χ0v) is 33.0. The highest BCUT2D eigenvalue weighted by Crippen LogP contribution is 2.56. The molecule has 6 aromatic carbocycles. The molecule has 6 aromatic rings. The summed E-state index contributed by atoms with van der Waals surface area (Å²) in [6.45, 7) is 0. The fourth-order valence-corrected chi connectivity index (χ4v) is 10.1. The molecule has 6 heteroatoms. The number of ether oxygens (including phenoxy) is 1. The lowest BCUT2D eigenvalue weighted by atomic mass is 9.70. The van der Waals surface area contributed by atoms with Crippen molar-refractivity contribution in [1.82, 2.24) is 0 Å². The molecule has 0 aromatic heterocycles. The average molecular weight is 811 g/mol. The van der Waals surface area contributed by atoms with E-state index in [2.05, 4.69) is 72.8 Å². The van der Waals surface area contributed by atoms with Crippen molar-refractivity contribution in [2.24, 2.45) is 10.8 Å². The molecule has 0 saturated heterocycles. The molecule has 0 saturated carbocycles. The van der Waals surface area contributed by atoms with Crippen molar-refractivity contribution in [3.63, 3.8) is 0 Å². The molecular weight excluding hydrogens is 757 g/mol. The van der Waals surface area contributed by atoms with Crippen molar-refractivity contribution in [2.75, 3.05) is 7.11 Å². The van der Waals surface area contributed by atoms with Crippen molar-refractivity contribution in [3.05, 3.63) is 224 Å². The van der Waals surface area contributed by atoms with E-state index < -0.39 is 29.0 Å². The molecule has 310 valence electrons. The topological polar surface area (TPSA) is 104 Å². The Morgan fingerprint density at radius 2 is 0.918 bits per heavy atom.